The molecule has 0 aliphatic heterocycles. The first-order valence-corrected chi connectivity index (χ1v) is 22.5. The molecule has 6 atom stereocenters. The Morgan fingerprint density at radius 2 is 1.83 bits per heavy atom. The van der Waals surface area contributed by atoms with Crippen molar-refractivity contribution in [1.82, 2.24) is 8.43 Å². The highest BCUT2D eigenvalue weighted by Gasteiger charge is 2.52. The first-order chi connectivity index (χ1) is 25.9. The van der Waals surface area contributed by atoms with Crippen molar-refractivity contribution in [3.8, 4) is 28.4 Å². The number of nitrogens with zero attached hydrogens (tertiary/aromatic N) is 1. The first-order valence-electron chi connectivity index (χ1n) is 18.9. The van der Waals surface area contributed by atoms with Crippen LogP contribution in [0.2, 0.25) is 10.0 Å². The van der Waals surface area contributed by atoms with Gasteiger partial charge < -0.3 is 19.3 Å². The molecule has 0 radical (unpaired) electrons. The highest BCUT2D eigenvalue weighted by Crippen LogP contribution is 2.62. The van der Waals surface area contributed by atoms with Crippen LogP contribution in [0.5, 0.6) is 17.2 Å². The summed E-state index contributed by atoms with van der Waals surface area (Å²) in [6, 6.07) is 14.4. The minimum absolute atomic E-state index is 0.145. The lowest BCUT2D eigenvalue weighted by Gasteiger charge is -2.29. The number of carbonyl (C=O) groups is 1. The van der Waals surface area contributed by atoms with E-state index < -0.39 is 44.3 Å². The van der Waals surface area contributed by atoms with Gasteiger partial charge in [-0.15, -0.1) is 0 Å². The number of ether oxygens (including phenoxy) is 3. The third-order valence-electron chi connectivity index (χ3n) is 11.4. The second-order valence-corrected chi connectivity index (χ2v) is 17.6. The Labute approximate surface area is 334 Å². The Kier molecular flexibility index (Phi) is 13.7. The van der Waals surface area contributed by atoms with Gasteiger partial charge in [-0.25, -0.2) is 14.1 Å². The Hall–Kier alpha value is -2.71. The van der Waals surface area contributed by atoms with E-state index in [0.717, 1.165) is 73.6 Å². The number of rotatable bonds is 16. The van der Waals surface area contributed by atoms with E-state index in [4.69, 9.17) is 37.4 Å². The van der Waals surface area contributed by atoms with Crippen LogP contribution in [0.3, 0.4) is 0 Å². The van der Waals surface area contributed by atoms with E-state index in [0.29, 0.717) is 57.4 Å². The van der Waals surface area contributed by atoms with Crippen LogP contribution in [0.15, 0.2) is 48.5 Å². The largest absolute Gasteiger partial charge is 0.493 e. The van der Waals surface area contributed by atoms with Gasteiger partial charge in [0, 0.05) is 23.7 Å². The minimum Gasteiger partial charge on any atom is -0.493 e. The lowest BCUT2D eigenvalue weighted by Crippen LogP contribution is -2.49. The van der Waals surface area contributed by atoms with Crippen LogP contribution in [0, 0.1) is 11.3 Å². The van der Waals surface area contributed by atoms with Crippen molar-refractivity contribution in [2.75, 3.05) is 20.3 Å². The molecular weight excluding hydrogens is 849 g/mol. The van der Waals surface area contributed by atoms with Crippen molar-refractivity contribution in [1.29, 1.82) is 0 Å². The molecule has 2 saturated carbocycles. The summed E-state index contributed by atoms with van der Waals surface area (Å²) in [5.74, 6) is 1.51. The fourth-order valence-corrected chi connectivity index (χ4v) is 9.96. The van der Waals surface area contributed by atoms with Crippen molar-refractivity contribution in [3.05, 3.63) is 75.3 Å². The van der Waals surface area contributed by atoms with Crippen molar-refractivity contribution in [3.63, 3.8) is 0 Å². The third-order valence-corrected chi connectivity index (χ3v) is 13.1. The molecule has 0 aromatic heterocycles. The monoisotopic (exact) mass is 898 g/mol. The minimum atomic E-state index is -4.06. The molecule has 13 heteroatoms. The van der Waals surface area contributed by atoms with E-state index in [1.54, 1.807) is 24.1 Å². The number of halogens is 4. The average molecular weight is 900 g/mol. The van der Waals surface area contributed by atoms with Crippen LogP contribution in [0.1, 0.15) is 94.4 Å². The van der Waals surface area contributed by atoms with Crippen molar-refractivity contribution in [2.45, 2.75) is 109 Å². The maximum absolute atomic E-state index is 13.9. The molecule has 1 amide bonds. The fraction of sp³-hybridized carbons (Fsp3) is 0.537. The van der Waals surface area contributed by atoms with E-state index in [9.17, 15) is 20.4 Å². The summed E-state index contributed by atoms with van der Waals surface area (Å²) in [6.45, 7) is 4.38. The number of aliphatic hydroxyl groups is 1. The SMILES string of the molecule is CCOc1cc(O[C@H]2CCc3c(-c4cccc(OCCCC5CC56CCCC(F)CC6)c4Cl)cccc32)c(Cl)cc1CN(C)[C@H](C(=O)NI(=O)=O)[C@@H](C)O. The number of nitrogens with one attached hydrogen (secondary N) is 1. The smallest absolute Gasteiger partial charge is 0.420 e. The Morgan fingerprint density at radius 1 is 1.06 bits per heavy atom. The second kappa shape index (κ2) is 18.0. The van der Waals surface area contributed by atoms with Crippen LogP contribution in [-0.4, -0.2) is 54.5 Å². The molecule has 0 bridgehead atoms. The van der Waals surface area contributed by atoms with E-state index in [1.807, 2.05) is 34.7 Å². The first kappa shape index (κ1) is 40.9. The van der Waals surface area contributed by atoms with Crippen LogP contribution >= 0.6 is 43.3 Å². The van der Waals surface area contributed by atoms with Crippen LogP contribution in [0.25, 0.3) is 11.1 Å². The average Bonchev–Trinajstić information content (AvgIpc) is 3.71. The molecule has 3 aromatic rings. The molecule has 2 fully saturated rings. The third kappa shape index (κ3) is 9.45. The van der Waals surface area contributed by atoms with Gasteiger partial charge in [-0.3, -0.25) is 9.69 Å². The molecule has 3 unspecified atom stereocenters. The van der Waals surface area contributed by atoms with E-state index >= 15 is 0 Å². The summed E-state index contributed by atoms with van der Waals surface area (Å²) in [7, 11) is 1.62. The summed E-state index contributed by atoms with van der Waals surface area (Å²) < 4.78 is 57.1. The topological polar surface area (TPSA) is 114 Å². The van der Waals surface area contributed by atoms with Gasteiger partial charge in [0.05, 0.1) is 29.4 Å². The lowest BCUT2D eigenvalue weighted by molar-refractivity contribution is -0.127. The van der Waals surface area contributed by atoms with Gasteiger partial charge in [-0.1, -0.05) is 60.0 Å². The number of amides is 1. The predicted molar refractivity (Wildman–Crippen MR) is 215 cm³/mol. The molecule has 1 spiro atoms. The van der Waals surface area contributed by atoms with E-state index in [1.165, 1.54) is 19.8 Å². The summed E-state index contributed by atoms with van der Waals surface area (Å²) in [4.78, 5) is 14.1. The van der Waals surface area contributed by atoms with Crippen molar-refractivity contribution >= 4 is 49.2 Å². The van der Waals surface area contributed by atoms with Gasteiger partial charge in [0.25, 0.3) is 5.91 Å². The number of hydrogen-bond acceptors (Lipinski definition) is 8. The molecule has 0 saturated heterocycles. The van der Waals surface area contributed by atoms with Crippen LogP contribution in [-0.2, 0) is 23.9 Å². The van der Waals surface area contributed by atoms with Crippen LogP contribution in [0.4, 0.5) is 4.39 Å². The van der Waals surface area contributed by atoms with E-state index in [2.05, 4.69) is 12.1 Å². The Morgan fingerprint density at radius 3 is 2.59 bits per heavy atom. The fourth-order valence-electron chi connectivity index (χ4n) is 8.69. The lowest BCUT2D eigenvalue weighted by atomic mass is 9.92. The number of fused-ring (bicyclic) bond motifs is 1. The number of aliphatic hydroxyl groups excluding tert-OH is 1. The number of hydrogen-bond donors (Lipinski definition) is 2. The van der Waals surface area contributed by atoms with Gasteiger partial charge in [0.15, 0.2) is 0 Å². The molecular formula is C41H50Cl2FIN2O7. The Bertz CT molecular complexity index is 1890. The van der Waals surface area contributed by atoms with Crippen molar-refractivity contribution < 1.29 is 34.6 Å². The maximum Gasteiger partial charge on any atom is 0.420 e. The zero-order valence-electron chi connectivity index (χ0n) is 31.1. The number of benzene rings is 3. The van der Waals surface area contributed by atoms with Gasteiger partial charge in [0.2, 0.25) is 0 Å². The molecule has 294 valence electrons. The quantitative estimate of drug-likeness (QED) is 0.0830. The van der Waals surface area contributed by atoms with Crippen LogP contribution < -0.4 is 17.7 Å². The summed E-state index contributed by atoms with van der Waals surface area (Å²) in [6.07, 6.45) is 7.40. The van der Waals surface area contributed by atoms with Gasteiger partial charge in [-0.2, -0.15) is 0 Å². The van der Waals surface area contributed by atoms with E-state index in [-0.39, 0.29) is 12.6 Å². The molecule has 0 heterocycles. The molecule has 3 aromatic carbocycles. The summed E-state index contributed by atoms with van der Waals surface area (Å²) >= 11 is 9.76. The highest BCUT2D eigenvalue weighted by molar-refractivity contribution is 14.2. The molecule has 2 N–H and O–H groups in total. The number of carbonyl (C=O) groups excluding carboxylic acids is 1. The predicted octanol–water partition coefficient (Wildman–Crippen LogP) is 10.0. The zero-order valence-corrected chi connectivity index (χ0v) is 34.7. The Balaban J connectivity index is 1.12. The van der Waals surface area contributed by atoms with Gasteiger partial charge >= 0.3 is 20.1 Å². The maximum atomic E-state index is 13.9. The molecule has 54 heavy (non-hydrogen) atoms. The van der Waals surface area contributed by atoms with Gasteiger partial charge in [0.1, 0.15) is 35.6 Å². The molecule has 6 rings (SSSR count). The summed E-state index contributed by atoms with van der Waals surface area (Å²) in [5, 5.41) is 11.2. The summed E-state index contributed by atoms with van der Waals surface area (Å²) in [5.41, 5.74) is 5.17. The standard InChI is InChI=1S/C41H50Cl2FIN2O7/c1-4-52-36-22-37(33(42)21-26(36)24-47(3)39(25(2)48)40(49)46-45(50)51)54-34-16-15-30-29(11-5-12-31(30)34)32-13-6-14-35(38(32)43)53-20-8-9-27-23-41(27)18-7-10-28(44)17-19-41/h5-6,11-14,21-22,25,27-28,34,39,48H,4,7-10,15-20,23-24H2,1-3H3,(H,46,49,50,51)/t25-,27?,28?,34+,39+,41?/m1/s1. The number of likely N-dealkylation sites (N-methyl/N-ethyl adjacent to an activating group) is 1. The van der Waals surface area contributed by atoms with Gasteiger partial charge in [-0.05, 0) is 119 Å². The molecule has 9 nitrogen and oxygen atoms in total. The molecule has 3 aliphatic rings. The number of alkyl halides is 1. The highest BCUT2D eigenvalue weighted by atomic mass is 127. The second-order valence-electron chi connectivity index (χ2n) is 15.0. The zero-order chi connectivity index (χ0) is 38.6. The van der Waals surface area contributed by atoms with Crippen molar-refractivity contribution in [2.24, 2.45) is 11.3 Å². The normalized spacial score (nSPS) is 23.2. The molecule has 3 aliphatic carbocycles.